The van der Waals surface area contributed by atoms with Crippen molar-refractivity contribution in [3.05, 3.63) is 29.5 Å². The Morgan fingerprint density at radius 3 is 3.19 bits per heavy atom. The molecule has 3 rings (SSSR count). The molecule has 0 amide bonds. The van der Waals surface area contributed by atoms with Crippen LogP contribution in [-0.4, -0.2) is 62.9 Å². The van der Waals surface area contributed by atoms with E-state index in [-0.39, 0.29) is 0 Å². The van der Waals surface area contributed by atoms with Crippen LogP contribution in [0.4, 0.5) is 0 Å². The first-order chi connectivity index (χ1) is 12.8. The Bertz CT molecular complexity index is 686. The van der Waals surface area contributed by atoms with E-state index in [1.165, 1.54) is 0 Å². The van der Waals surface area contributed by atoms with Crippen molar-refractivity contribution < 1.29 is 13.9 Å². The Labute approximate surface area is 158 Å². The van der Waals surface area contributed by atoms with Gasteiger partial charge in [0.05, 0.1) is 36.9 Å². The predicted octanol–water partition coefficient (Wildman–Crippen LogP) is 2.46. The lowest BCUT2D eigenvalue weighted by atomic mass is 10.1. The molecule has 0 aliphatic carbocycles. The lowest BCUT2D eigenvalue weighted by Crippen LogP contribution is -2.40. The number of hydrogen-bond acceptors (Lipinski definition) is 6. The Morgan fingerprint density at radius 1 is 1.50 bits per heavy atom. The van der Waals surface area contributed by atoms with Crippen LogP contribution >= 0.6 is 11.3 Å². The molecule has 2 aromatic rings. The fraction of sp³-hybridized carbons (Fsp3) is 0.556. The largest absolute Gasteiger partial charge is 0.443 e. The van der Waals surface area contributed by atoms with Crippen molar-refractivity contribution in [1.82, 2.24) is 15.2 Å². The highest BCUT2D eigenvalue weighted by atomic mass is 32.1. The minimum atomic E-state index is 0.530. The molecule has 0 saturated carbocycles. The molecule has 2 aromatic heterocycles. The van der Waals surface area contributed by atoms with Crippen molar-refractivity contribution in [3.63, 3.8) is 0 Å². The molecule has 3 heterocycles. The van der Waals surface area contributed by atoms with Gasteiger partial charge in [0, 0.05) is 33.2 Å². The summed E-state index contributed by atoms with van der Waals surface area (Å²) in [5, 5.41) is 5.40. The highest BCUT2D eigenvalue weighted by molar-refractivity contribution is 7.13. The molecule has 8 heteroatoms. The molecule has 0 radical (unpaired) electrons. The second kappa shape index (κ2) is 9.70. The van der Waals surface area contributed by atoms with Gasteiger partial charge in [-0.3, -0.25) is 4.99 Å². The predicted molar refractivity (Wildman–Crippen MR) is 102 cm³/mol. The van der Waals surface area contributed by atoms with Crippen LogP contribution < -0.4 is 5.32 Å². The van der Waals surface area contributed by atoms with Crippen molar-refractivity contribution in [3.8, 4) is 10.8 Å². The molecule has 1 atom stereocenters. The lowest BCUT2D eigenvalue weighted by molar-refractivity contribution is 0.0536. The molecule has 0 spiro atoms. The fourth-order valence-corrected chi connectivity index (χ4v) is 3.61. The number of likely N-dealkylation sites (tertiary alicyclic amines) is 1. The number of hydrogen-bond donors (Lipinski definition) is 1. The van der Waals surface area contributed by atoms with E-state index in [0.717, 1.165) is 42.6 Å². The van der Waals surface area contributed by atoms with Gasteiger partial charge in [-0.05, 0) is 17.9 Å². The summed E-state index contributed by atoms with van der Waals surface area (Å²) in [4.78, 5) is 12.2. The summed E-state index contributed by atoms with van der Waals surface area (Å²) in [6.45, 7) is 4.59. The zero-order chi connectivity index (χ0) is 18.2. The van der Waals surface area contributed by atoms with E-state index in [9.17, 15) is 0 Å². The Kier molecular flexibility index (Phi) is 7.04. The van der Waals surface area contributed by atoms with E-state index >= 15 is 0 Å². The van der Waals surface area contributed by atoms with Crippen molar-refractivity contribution in [2.45, 2.75) is 13.0 Å². The number of nitrogens with one attached hydrogen (secondary N) is 1. The van der Waals surface area contributed by atoms with E-state index in [1.54, 1.807) is 24.7 Å². The second-order valence-corrected chi connectivity index (χ2v) is 7.14. The van der Waals surface area contributed by atoms with Gasteiger partial charge in [0.1, 0.15) is 6.26 Å². The van der Waals surface area contributed by atoms with Crippen LogP contribution in [0, 0.1) is 5.92 Å². The second-order valence-electron chi connectivity index (χ2n) is 6.19. The van der Waals surface area contributed by atoms with Gasteiger partial charge in [0.25, 0.3) is 0 Å². The third kappa shape index (κ3) is 5.06. The number of thiophene rings is 1. The Morgan fingerprint density at radius 2 is 2.42 bits per heavy atom. The van der Waals surface area contributed by atoms with Crippen molar-refractivity contribution in [1.29, 1.82) is 0 Å². The molecule has 7 nitrogen and oxygen atoms in total. The van der Waals surface area contributed by atoms with Gasteiger partial charge in [-0.15, -0.1) is 11.3 Å². The maximum Gasteiger partial charge on any atom is 0.236 e. The summed E-state index contributed by atoms with van der Waals surface area (Å²) in [5.74, 6) is 2.09. The van der Waals surface area contributed by atoms with Crippen LogP contribution in [0.1, 0.15) is 12.1 Å². The van der Waals surface area contributed by atoms with E-state index < -0.39 is 0 Å². The first-order valence-electron chi connectivity index (χ1n) is 8.80. The minimum absolute atomic E-state index is 0.530. The number of rotatable bonds is 8. The van der Waals surface area contributed by atoms with Crippen LogP contribution in [0.3, 0.4) is 0 Å². The number of ether oxygens (including phenoxy) is 2. The zero-order valence-corrected chi connectivity index (χ0v) is 16.1. The maximum absolute atomic E-state index is 5.65. The number of aromatic nitrogens is 1. The van der Waals surface area contributed by atoms with Crippen molar-refractivity contribution in [2.24, 2.45) is 10.9 Å². The number of aliphatic imine (C=N–C) groups is 1. The number of oxazole rings is 1. The summed E-state index contributed by atoms with van der Waals surface area (Å²) in [6.07, 6.45) is 2.81. The average Bonchev–Trinajstić information content (AvgIpc) is 3.40. The SMILES string of the molecule is CN=C(NCc1coc(-c2cccs2)n1)N1CCC(COCCOC)C1. The van der Waals surface area contributed by atoms with Crippen LogP contribution in [0.5, 0.6) is 0 Å². The normalized spacial score (nSPS) is 17.8. The van der Waals surface area contributed by atoms with Gasteiger partial charge in [0.2, 0.25) is 5.89 Å². The first-order valence-corrected chi connectivity index (χ1v) is 9.68. The minimum Gasteiger partial charge on any atom is -0.443 e. The topological polar surface area (TPSA) is 72.1 Å². The molecule has 26 heavy (non-hydrogen) atoms. The van der Waals surface area contributed by atoms with Gasteiger partial charge in [0.15, 0.2) is 5.96 Å². The van der Waals surface area contributed by atoms with Gasteiger partial charge in [-0.1, -0.05) is 6.07 Å². The van der Waals surface area contributed by atoms with Gasteiger partial charge < -0.3 is 24.1 Å². The highest BCUT2D eigenvalue weighted by Gasteiger charge is 2.25. The third-order valence-corrected chi connectivity index (χ3v) is 5.15. The van der Waals surface area contributed by atoms with Crippen LogP contribution in [-0.2, 0) is 16.0 Å². The monoisotopic (exact) mass is 378 g/mol. The van der Waals surface area contributed by atoms with E-state index in [1.807, 2.05) is 24.6 Å². The molecule has 1 fully saturated rings. The van der Waals surface area contributed by atoms with Crippen molar-refractivity contribution >= 4 is 17.3 Å². The number of methoxy groups -OCH3 is 1. The molecule has 0 bridgehead atoms. The molecule has 1 unspecified atom stereocenters. The van der Waals surface area contributed by atoms with Crippen LogP contribution in [0.2, 0.25) is 0 Å². The first kappa shape index (κ1) is 18.9. The molecule has 1 N–H and O–H groups in total. The van der Waals surface area contributed by atoms with E-state index in [4.69, 9.17) is 13.9 Å². The van der Waals surface area contributed by atoms with Gasteiger partial charge >= 0.3 is 0 Å². The molecule has 142 valence electrons. The van der Waals surface area contributed by atoms with Gasteiger partial charge in [-0.25, -0.2) is 4.98 Å². The molecule has 0 aromatic carbocycles. The number of nitrogens with zero attached hydrogens (tertiary/aromatic N) is 3. The lowest BCUT2D eigenvalue weighted by Gasteiger charge is -2.21. The smallest absolute Gasteiger partial charge is 0.236 e. The van der Waals surface area contributed by atoms with Crippen LogP contribution in [0.15, 0.2) is 33.2 Å². The standard InChI is InChI=1S/C18H26N4O3S/c1-19-18(22-6-5-14(11-22)12-24-8-7-23-2)20-10-15-13-25-17(21-15)16-4-3-9-26-16/h3-4,9,13-14H,5-8,10-12H2,1-2H3,(H,19,20). The summed E-state index contributed by atoms with van der Waals surface area (Å²) in [6, 6.07) is 4.00. The molecular weight excluding hydrogens is 352 g/mol. The quantitative estimate of drug-likeness (QED) is 0.432. The molecule has 1 saturated heterocycles. The molecular formula is C18H26N4O3S. The summed E-state index contributed by atoms with van der Waals surface area (Å²) < 4.78 is 16.2. The van der Waals surface area contributed by atoms with Crippen LogP contribution in [0.25, 0.3) is 10.8 Å². The Balaban J connectivity index is 1.45. The molecule has 1 aliphatic heterocycles. The third-order valence-electron chi connectivity index (χ3n) is 4.29. The maximum atomic E-state index is 5.65. The Hall–Kier alpha value is -1.90. The summed E-state index contributed by atoms with van der Waals surface area (Å²) in [7, 11) is 3.50. The average molecular weight is 378 g/mol. The zero-order valence-electron chi connectivity index (χ0n) is 15.3. The fourth-order valence-electron chi connectivity index (χ4n) is 2.96. The van der Waals surface area contributed by atoms with Gasteiger partial charge in [-0.2, -0.15) is 0 Å². The van der Waals surface area contributed by atoms with E-state index in [2.05, 4.69) is 20.2 Å². The van der Waals surface area contributed by atoms with Crippen molar-refractivity contribution in [2.75, 3.05) is 47.1 Å². The summed E-state index contributed by atoms with van der Waals surface area (Å²) in [5.41, 5.74) is 0.869. The summed E-state index contributed by atoms with van der Waals surface area (Å²) >= 11 is 1.62. The number of guanidine groups is 1. The highest BCUT2D eigenvalue weighted by Crippen LogP contribution is 2.23. The molecule has 1 aliphatic rings. The van der Waals surface area contributed by atoms with E-state index in [0.29, 0.717) is 31.6 Å².